The van der Waals surface area contributed by atoms with Gasteiger partial charge in [-0.1, -0.05) is 6.42 Å². The van der Waals surface area contributed by atoms with Crippen molar-refractivity contribution in [2.24, 2.45) is 47.3 Å². The van der Waals surface area contributed by atoms with Crippen LogP contribution < -0.4 is 42.5 Å². The van der Waals surface area contributed by atoms with Gasteiger partial charge in [0.15, 0.2) is 0 Å². The van der Waals surface area contributed by atoms with E-state index in [2.05, 4.69) is 42.5 Å². The van der Waals surface area contributed by atoms with Gasteiger partial charge in [-0.3, -0.25) is 0 Å². The number of fused-ring (bicyclic) bond motifs is 20. The van der Waals surface area contributed by atoms with E-state index in [1.54, 1.807) is 0 Å². The summed E-state index contributed by atoms with van der Waals surface area (Å²) in [6.07, 6.45) is 24.3. The van der Waals surface area contributed by atoms with Crippen LogP contribution in [0.4, 0.5) is 0 Å². The molecular formula is C32H56GaN8. The van der Waals surface area contributed by atoms with Gasteiger partial charge in [-0.15, -0.1) is 0 Å². The van der Waals surface area contributed by atoms with Crippen molar-refractivity contribution in [2.45, 2.75) is 150 Å². The molecule has 4 aliphatic carbocycles. The monoisotopic (exact) mass is 621 g/mol. The Labute approximate surface area is 257 Å². The summed E-state index contributed by atoms with van der Waals surface area (Å²) in [5.41, 5.74) is 0. The topological polar surface area (TPSA) is 96.2 Å². The summed E-state index contributed by atoms with van der Waals surface area (Å²) in [6.45, 7) is 0. The summed E-state index contributed by atoms with van der Waals surface area (Å²) in [7, 11) is 0. The second-order valence-corrected chi connectivity index (χ2v) is 18.1. The molecular weight excluding hydrogens is 566 g/mol. The van der Waals surface area contributed by atoms with E-state index in [0.29, 0.717) is 49.3 Å². The van der Waals surface area contributed by atoms with Gasteiger partial charge in [0.05, 0.1) is 0 Å². The third-order valence-corrected chi connectivity index (χ3v) is 16.0. The van der Waals surface area contributed by atoms with Crippen molar-refractivity contribution in [3.8, 4) is 0 Å². The van der Waals surface area contributed by atoms with Gasteiger partial charge in [-0.25, -0.2) is 0 Å². The fourth-order valence-electron chi connectivity index (χ4n) is 12.2. The minimum absolute atomic E-state index is 0.420. The Morgan fingerprint density at radius 3 is 0.902 bits per heavy atom. The van der Waals surface area contributed by atoms with Crippen LogP contribution in [0.3, 0.4) is 0 Å². The molecule has 41 heavy (non-hydrogen) atoms. The van der Waals surface area contributed by atoms with Crippen LogP contribution in [0.5, 0.6) is 0 Å². The van der Waals surface area contributed by atoms with Crippen LogP contribution in [0.15, 0.2) is 0 Å². The summed E-state index contributed by atoms with van der Waals surface area (Å²) in [4.78, 5) is 0. The summed E-state index contributed by atoms with van der Waals surface area (Å²) >= 11 is 1.44. The Morgan fingerprint density at radius 1 is 0.293 bits per heavy atom. The van der Waals surface area contributed by atoms with Crippen molar-refractivity contribution in [3.63, 3.8) is 0 Å². The average Bonchev–Trinajstić information content (AvgIpc) is 3.73. The van der Waals surface area contributed by atoms with Crippen molar-refractivity contribution < 1.29 is 0 Å². The maximum atomic E-state index is 4.31. The fraction of sp³-hybridized carbons (Fsp3) is 1.00. The molecule has 5 heterocycles. The molecule has 4 saturated carbocycles. The van der Waals surface area contributed by atoms with Gasteiger partial charge < -0.3 is 0 Å². The van der Waals surface area contributed by atoms with Gasteiger partial charge in [-0.05, 0) is 0 Å². The molecule has 0 aromatic rings. The van der Waals surface area contributed by atoms with Crippen LogP contribution in [0.2, 0.25) is 4.47 Å². The summed E-state index contributed by atoms with van der Waals surface area (Å²) in [5.74, 6) is 6.01. The molecule has 5 saturated heterocycles. The van der Waals surface area contributed by atoms with E-state index in [-0.39, 0.29) is 0 Å². The Bertz CT molecular complexity index is 953. The Hall–Kier alpha value is 0.316. The number of nitrogens with one attached hydrogen (secondary N) is 8. The van der Waals surface area contributed by atoms with Gasteiger partial charge >= 0.3 is 252 Å². The summed E-state index contributed by atoms with van der Waals surface area (Å²) in [6, 6.07) is 0. The third-order valence-electron chi connectivity index (χ3n) is 14.0. The van der Waals surface area contributed by atoms with E-state index in [1.165, 1.54) is 115 Å². The molecule has 8 bridgehead atoms. The number of hydrogen-bond acceptors (Lipinski definition) is 8. The minimum atomic E-state index is 0.420. The molecule has 17 unspecified atom stereocenters. The second kappa shape index (κ2) is 11.3. The molecule has 0 aromatic carbocycles. The van der Waals surface area contributed by atoms with Crippen molar-refractivity contribution in [1.82, 2.24) is 42.5 Å². The molecule has 0 amide bonds. The van der Waals surface area contributed by atoms with Crippen LogP contribution in [0.1, 0.15) is 96.3 Å². The molecule has 9 aliphatic rings. The Morgan fingerprint density at radius 2 is 0.561 bits per heavy atom. The predicted molar refractivity (Wildman–Crippen MR) is 163 cm³/mol. The predicted octanol–water partition coefficient (Wildman–Crippen LogP) is 1.90. The standard InChI is InChI=1S/C32H55N8.Ga.H/c1-2-10-18-17(9-1)25-33-26(18)38-28-21-13-5-6-14-22(21)30(35-28)40-32-24-16-8-7-15-23(24)31(36-32)39-29-20-12-4-3-11-19(20)27(34-29)37-25;;/h9,17-40H,1-8,10-16H2;;. The molecule has 5 aliphatic heterocycles. The van der Waals surface area contributed by atoms with Crippen LogP contribution in [-0.2, 0) is 0 Å². The van der Waals surface area contributed by atoms with Crippen LogP contribution in [-0.4, -0.2) is 67.9 Å². The molecule has 9 fully saturated rings. The van der Waals surface area contributed by atoms with Gasteiger partial charge in [0.2, 0.25) is 0 Å². The quantitative estimate of drug-likeness (QED) is 0.195. The van der Waals surface area contributed by atoms with Crippen molar-refractivity contribution in [3.05, 3.63) is 0 Å². The van der Waals surface area contributed by atoms with E-state index < -0.39 is 0 Å². The maximum absolute atomic E-state index is 4.31. The van der Waals surface area contributed by atoms with E-state index in [9.17, 15) is 0 Å². The van der Waals surface area contributed by atoms with Crippen molar-refractivity contribution in [1.29, 1.82) is 0 Å². The van der Waals surface area contributed by atoms with Gasteiger partial charge in [0.25, 0.3) is 0 Å². The Kier molecular flexibility index (Phi) is 7.60. The molecule has 8 nitrogen and oxygen atoms in total. The van der Waals surface area contributed by atoms with Crippen molar-refractivity contribution in [2.75, 3.05) is 0 Å². The first-order chi connectivity index (χ1) is 20.2. The van der Waals surface area contributed by atoms with E-state index >= 15 is 0 Å². The van der Waals surface area contributed by atoms with Gasteiger partial charge in [-0.2, -0.15) is 0 Å². The van der Waals surface area contributed by atoms with Gasteiger partial charge in [0, 0.05) is 0 Å². The van der Waals surface area contributed by atoms with Crippen molar-refractivity contribution >= 4 is 18.6 Å². The SMILES string of the molecule is [GaH][CH]1CCCC2C3NC4NC(NC5NC(NC6NC(NC(N3)C12)C1CCCCC61)C1CCCCC51)C1CCCCC41. The molecule has 17 atom stereocenters. The zero-order valence-corrected chi connectivity index (χ0v) is 28.1. The average molecular weight is 623 g/mol. The van der Waals surface area contributed by atoms with Gasteiger partial charge in [0.1, 0.15) is 0 Å². The third kappa shape index (κ3) is 4.78. The molecule has 9 rings (SSSR count). The summed E-state index contributed by atoms with van der Waals surface area (Å²) in [5, 5.41) is 34.0. The van der Waals surface area contributed by atoms with Crippen LogP contribution >= 0.6 is 0 Å². The molecule has 9 heteroatoms. The normalized spacial score (nSPS) is 58.3. The zero-order chi connectivity index (χ0) is 27.1. The summed E-state index contributed by atoms with van der Waals surface area (Å²) < 4.78 is 0.904. The molecule has 1 radical (unpaired) electrons. The first kappa shape index (κ1) is 27.6. The van der Waals surface area contributed by atoms with Crippen LogP contribution in [0.25, 0.3) is 0 Å². The molecule has 0 spiro atoms. The first-order valence-electron chi connectivity index (χ1n) is 18.1. The number of rotatable bonds is 0. The van der Waals surface area contributed by atoms with Crippen LogP contribution in [0, 0.1) is 47.3 Å². The molecule has 8 N–H and O–H groups in total. The first-order valence-corrected chi connectivity index (χ1v) is 19.8. The second-order valence-electron chi connectivity index (χ2n) is 15.9. The van der Waals surface area contributed by atoms with E-state index in [0.717, 1.165) is 51.8 Å². The fourth-order valence-corrected chi connectivity index (χ4v) is 14.1. The van der Waals surface area contributed by atoms with E-state index in [1.807, 2.05) is 0 Å². The number of hydrogen-bond donors (Lipinski definition) is 8. The zero-order valence-electron chi connectivity index (χ0n) is 25.1. The Balaban J connectivity index is 1.06. The molecule has 0 aromatic heterocycles. The molecule has 227 valence electrons. The van der Waals surface area contributed by atoms with E-state index in [4.69, 9.17) is 0 Å².